The first-order chi connectivity index (χ1) is 8.58. The number of carbonyl (C=O) groups is 1. The van der Waals surface area contributed by atoms with E-state index in [-0.39, 0.29) is 18.2 Å². The molecule has 1 aromatic carbocycles. The zero-order valence-corrected chi connectivity index (χ0v) is 12.0. The number of hydrogen-bond acceptors (Lipinski definition) is 4. The van der Waals surface area contributed by atoms with Crippen molar-refractivity contribution in [2.75, 3.05) is 20.2 Å². The van der Waals surface area contributed by atoms with Gasteiger partial charge in [0.1, 0.15) is 0 Å². The van der Waals surface area contributed by atoms with Crippen molar-refractivity contribution in [2.45, 2.75) is 13.5 Å². The molecule has 3 N–H and O–H groups in total. The lowest BCUT2D eigenvalue weighted by Gasteiger charge is -2.09. The maximum atomic E-state index is 11.2. The summed E-state index contributed by atoms with van der Waals surface area (Å²) >= 11 is 3.25. The Labute approximate surface area is 115 Å². The second-order valence-corrected chi connectivity index (χ2v) is 4.54. The quantitative estimate of drug-likeness (QED) is 0.741. The normalized spacial score (nSPS) is 10.2. The molecule has 18 heavy (non-hydrogen) atoms. The van der Waals surface area contributed by atoms with E-state index in [9.17, 15) is 9.90 Å². The number of carbonyl (C=O) groups excluding carboxylic acids is 1. The predicted molar refractivity (Wildman–Crippen MR) is 72.7 cm³/mol. The number of amides is 1. The van der Waals surface area contributed by atoms with Crippen LogP contribution in [0.1, 0.15) is 12.5 Å². The fourth-order valence-electron chi connectivity index (χ4n) is 1.46. The molecule has 5 nitrogen and oxygen atoms in total. The largest absolute Gasteiger partial charge is 0.503 e. The Morgan fingerprint density at radius 1 is 1.50 bits per heavy atom. The van der Waals surface area contributed by atoms with Crippen LogP contribution in [0.25, 0.3) is 0 Å². The highest BCUT2D eigenvalue weighted by Gasteiger charge is 2.08. The lowest BCUT2D eigenvalue weighted by atomic mass is 10.2. The Bertz CT molecular complexity index is 424. The molecule has 0 saturated carbocycles. The lowest BCUT2D eigenvalue weighted by molar-refractivity contribution is -0.120. The Hall–Kier alpha value is -1.27. The van der Waals surface area contributed by atoms with Crippen molar-refractivity contribution in [3.8, 4) is 11.5 Å². The standard InChI is InChI=1S/C12H17BrN2O3/c1-3-15-11(16)7-14-6-8-4-9(13)12(17)10(5-8)18-2/h4-5,14,17H,3,6-7H2,1-2H3,(H,15,16). The number of benzene rings is 1. The first kappa shape index (κ1) is 14.8. The van der Waals surface area contributed by atoms with E-state index in [2.05, 4.69) is 26.6 Å². The lowest BCUT2D eigenvalue weighted by Crippen LogP contribution is -2.33. The maximum absolute atomic E-state index is 11.2. The van der Waals surface area contributed by atoms with E-state index in [1.807, 2.05) is 6.92 Å². The van der Waals surface area contributed by atoms with Crippen LogP contribution in [0.15, 0.2) is 16.6 Å². The van der Waals surface area contributed by atoms with Crippen LogP contribution in [0.3, 0.4) is 0 Å². The summed E-state index contributed by atoms with van der Waals surface area (Å²) in [6, 6.07) is 3.51. The maximum Gasteiger partial charge on any atom is 0.233 e. The molecule has 0 spiro atoms. The summed E-state index contributed by atoms with van der Waals surface area (Å²) in [5, 5.41) is 15.4. The van der Waals surface area contributed by atoms with Crippen molar-refractivity contribution >= 4 is 21.8 Å². The van der Waals surface area contributed by atoms with Gasteiger partial charge in [0.2, 0.25) is 5.91 Å². The third kappa shape index (κ3) is 4.19. The first-order valence-electron chi connectivity index (χ1n) is 5.61. The van der Waals surface area contributed by atoms with E-state index in [1.165, 1.54) is 7.11 Å². The number of hydrogen-bond donors (Lipinski definition) is 3. The van der Waals surface area contributed by atoms with E-state index in [1.54, 1.807) is 12.1 Å². The minimum absolute atomic E-state index is 0.0395. The predicted octanol–water partition coefficient (Wildman–Crippen LogP) is 1.39. The van der Waals surface area contributed by atoms with Gasteiger partial charge in [-0.05, 0) is 40.5 Å². The minimum Gasteiger partial charge on any atom is -0.503 e. The van der Waals surface area contributed by atoms with Gasteiger partial charge in [-0.15, -0.1) is 0 Å². The molecule has 0 aliphatic rings. The molecule has 0 aromatic heterocycles. The highest BCUT2D eigenvalue weighted by Crippen LogP contribution is 2.35. The van der Waals surface area contributed by atoms with Crippen LogP contribution in [0.2, 0.25) is 0 Å². The van der Waals surface area contributed by atoms with Crippen molar-refractivity contribution < 1.29 is 14.6 Å². The molecule has 0 unspecified atom stereocenters. The zero-order valence-electron chi connectivity index (χ0n) is 10.4. The van der Waals surface area contributed by atoms with Crippen LogP contribution in [0, 0.1) is 0 Å². The number of aromatic hydroxyl groups is 1. The molecule has 0 saturated heterocycles. The zero-order chi connectivity index (χ0) is 13.5. The van der Waals surface area contributed by atoms with E-state index in [4.69, 9.17) is 4.74 Å². The second kappa shape index (κ2) is 7.23. The van der Waals surface area contributed by atoms with Crippen LogP contribution in [0.5, 0.6) is 11.5 Å². The van der Waals surface area contributed by atoms with Gasteiger partial charge in [0, 0.05) is 13.1 Å². The van der Waals surface area contributed by atoms with Crippen molar-refractivity contribution in [2.24, 2.45) is 0 Å². The highest BCUT2D eigenvalue weighted by atomic mass is 79.9. The third-order valence-electron chi connectivity index (χ3n) is 2.30. The van der Waals surface area contributed by atoms with E-state index >= 15 is 0 Å². The van der Waals surface area contributed by atoms with Crippen molar-refractivity contribution in [1.29, 1.82) is 0 Å². The van der Waals surface area contributed by atoms with Gasteiger partial charge >= 0.3 is 0 Å². The molecular weight excluding hydrogens is 300 g/mol. The minimum atomic E-state index is -0.0395. The van der Waals surface area contributed by atoms with Crippen LogP contribution < -0.4 is 15.4 Å². The summed E-state index contributed by atoms with van der Waals surface area (Å²) in [7, 11) is 1.49. The van der Waals surface area contributed by atoms with Crippen LogP contribution >= 0.6 is 15.9 Å². The highest BCUT2D eigenvalue weighted by molar-refractivity contribution is 9.10. The molecule has 1 rings (SSSR count). The molecule has 0 aliphatic carbocycles. The van der Waals surface area contributed by atoms with Gasteiger partial charge in [0.15, 0.2) is 11.5 Å². The van der Waals surface area contributed by atoms with Crippen molar-refractivity contribution in [3.63, 3.8) is 0 Å². The van der Waals surface area contributed by atoms with Gasteiger partial charge in [0.25, 0.3) is 0 Å². The van der Waals surface area contributed by atoms with E-state index < -0.39 is 0 Å². The van der Waals surface area contributed by atoms with Crippen LogP contribution in [-0.4, -0.2) is 31.2 Å². The third-order valence-corrected chi connectivity index (χ3v) is 2.90. The number of phenols is 1. The second-order valence-electron chi connectivity index (χ2n) is 3.69. The summed E-state index contributed by atoms with van der Waals surface area (Å²) in [4.78, 5) is 11.2. The average molecular weight is 317 g/mol. The van der Waals surface area contributed by atoms with Crippen molar-refractivity contribution in [1.82, 2.24) is 10.6 Å². The van der Waals surface area contributed by atoms with Crippen molar-refractivity contribution in [3.05, 3.63) is 22.2 Å². The molecule has 0 aliphatic heterocycles. The average Bonchev–Trinajstić information content (AvgIpc) is 2.33. The fourth-order valence-corrected chi connectivity index (χ4v) is 1.95. The first-order valence-corrected chi connectivity index (χ1v) is 6.40. The summed E-state index contributed by atoms with van der Waals surface area (Å²) in [5.41, 5.74) is 0.917. The molecule has 100 valence electrons. The van der Waals surface area contributed by atoms with Gasteiger partial charge < -0.3 is 20.5 Å². The molecule has 0 radical (unpaired) electrons. The molecule has 1 aromatic rings. The van der Waals surface area contributed by atoms with Gasteiger partial charge in [-0.2, -0.15) is 0 Å². The van der Waals surface area contributed by atoms with Gasteiger partial charge in [-0.25, -0.2) is 0 Å². The number of rotatable bonds is 6. The van der Waals surface area contributed by atoms with Gasteiger partial charge in [-0.3, -0.25) is 4.79 Å². The molecule has 0 heterocycles. The Morgan fingerprint density at radius 3 is 2.83 bits per heavy atom. The SMILES string of the molecule is CCNC(=O)CNCc1cc(Br)c(O)c(OC)c1. The molecule has 1 amide bonds. The van der Waals surface area contributed by atoms with Crippen LogP contribution in [-0.2, 0) is 11.3 Å². The number of ether oxygens (including phenoxy) is 1. The molecule has 0 bridgehead atoms. The summed E-state index contributed by atoms with van der Waals surface area (Å²) < 4.78 is 5.61. The van der Waals surface area contributed by atoms with E-state index in [0.29, 0.717) is 23.3 Å². The van der Waals surface area contributed by atoms with Gasteiger partial charge in [0.05, 0.1) is 18.1 Å². The smallest absolute Gasteiger partial charge is 0.233 e. The van der Waals surface area contributed by atoms with Gasteiger partial charge in [-0.1, -0.05) is 0 Å². The Morgan fingerprint density at radius 2 is 2.22 bits per heavy atom. The summed E-state index contributed by atoms with van der Waals surface area (Å²) in [5.74, 6) is 0.437. The summed E-state index contributed by atoms with van der Waals surface area (Å²) in [6.45, 7) is 3.28. The Balaban J connectivity index is 2.57. The topological polar surface area (TPSA) is 70.6 Å². The molecular formula is C12H17BrN2O3. The molecule has 0 atom stereocenters. The molecule has 0 fully saturated rings. The number of nitrogens with one attached hydrogen (secondary N) is 2. The number of methoxy groups -OCH3 is 1. The Kier molecular flexibility index (Phi) is 5.94. The summed E-state index contributed by atoms with van der Waals surface area (Å²) in [6.07, 6.45) is 0. The number of halogens is 1. The molecule has 6 heteroatoms. The van der Waals surface area contributed by atoms with E-state index in [0.717, 1.165) is 5.56 Å². The number of likely N-dealkylation sites (N-methyl/N-ethyl adjacent to an activating group) is 1. The monoisotopic (exact) mass is 316 g/mol. The number of phenolic OH excluding ortho intramolecular Hbond substituents is 1. The fraction of sp³-hybridized carbons (Fsp3) is 0.417. The van der Waals surface area contributed by atoms with Crippen LogP contribution in [0.4, 0.5) is 0 Å².